The van der Waals surface area contributed by atoms with Gasteiger partial charge in [-0.2, -0.15) is 4.57 Å². The van der Waals surface area contributed by atoms with Crippen LogP contribution in [0, 0.1) is 0 Å². The number of hydrogen-bond donors (Lipinski definition) is 0. The molecule has 2 aromatic carbocycles. The van der Waals surface area contributed by atoms with E-state index in [9.17, 15) is 0 Å². The summed E-state index contributed by atoms with van der Waals surface area (Å²) in [5.74, 6) is 0. The largest absolute Gasteiger partial charge is 1.00 e. The molecule has 35 heavy (non-hydrogen) atoms. The van der Waals surface area contributed by atoms with E-state index in [1.54, 1.807) is 0 Å². The van der Waals surface area contributed by atoms with Crippen LogP contribution in [0.15, 0.2) is 85.2 Å². The third-order valence-electron chi connectivity index (χ3n) is 6.17. The second-order valence-electron chi connectivity index (χ2n) is 8.25. The number of ether oxygens (including phenoxy) is 2. The molecule has 2 aliphatic rings. The second kappa shape index (κ2) is 13.6. The van der Waals surface area contributed by atoms with Crippen molar-refractivity contribution in [2.75, 3.05) is 24.7 Å². The Morgan fingerprint density at radius 2 is 1.71 bits per heavy atom. The molecule has 1 saturated heterocycles. The van der Waals surface area contributed by atoms with Crippen molar-refractivity contribution in [2.45, 2.75) is 40.0 Å². The quantitative estimate of drug-likeness (QED) is 0.341. The zero-order valence-corrected chi connectivity index (χ0v) is 23.0. The van der Waals surface area contributed by atoms with Crippen molar-refractivity contribution >= 4 is 28.2 Å². The Kier molecular flexibility index (Phi) is 10.5. The van der Waals surface area contributed by atoms with Crippen LogP contribution >= 0.6 is 0 Å². The molecule has 2 aliphatic heterocycles. The fraction of sp³-hybridized carbons (Fsp3) is 0.300. The minimum atomic E-state index is 0. The van der Waals surface area contributed by atoms with Crippen molar-refractivity contribution < 1.29 is 38.0 Å². The Bertz CT molecular complexity index is 1200. The maximum Gasteiger partial charge on any atom is 0.213 e. The Morgan fingerprint density at radius 1 is 0.971 bits per heavy atom. The highest BCUT2D eigenvalue weighted by molar-refractivity contribution is 5.89. The van der Waals surface area contributed by atoms with E-state index in [1.807, 2.05) is 0 Å². The Morgan fingerprint density at radius 3 is 2.43 bits per heavy atom. The van der Waals surface area contributed by atoms with E-state index in [4.69, 9.17) is 9.47 Å². The van der Waals surface area contributed by atoms with Crippen molar-refractivity contribution in [2.24, 2.45) is 0 Å². The highest BCUT2D eigenvalue weighted by Crippen LogP contribution is 2.32. The first-order valence-corrected chi connectivity index (χ1v) is 12.3. The molecule has 184 valence electrons. The molecule has 0 aliphatic carbocycles. The summed E-state index contributed by atoms with van der Waals surface area (Å²) in [4.78, 5) is 2.28. The van der Waals surface area contributed by atoms with Gasteiger partial charge in [-0.1, -0.05) is 55.5 Å². The van der Waals surface area contributed by atoms with Crippen LogP contribution in [0.5, 0.6) is 0 Å². The zero-order chi connectivity index (χ0) is 23.8. The van der Waals surface area contributed by atoms with Crippen LogP contribution in [0.2, 0.25) is 0 Å². The molecular formula is C30H35IN2O2. The van der Waals surface area contributed by atoms with Gasteiger partial charge in [0.15, 0.2) is 12.5 Å². The highest BCUT2D eigenvalue weighted by atomic mass is 127. The number of para-hydroxylation sites is 2. The van der Waals surface area contributed by atoms with Crippen LogP contribution in [0.3, 0.4) is 0 Å². The smallest absolute Gasteiger partial charge is 0.213 e. The van der Waals surface area contributed by atoms with Crippen LogP contribution in [0.1, 0.15) is 38.3 Å². The summed E-state index contributed by atoms with van der Waals surface area (Å²) in [6.45, 7) is 9.92. The van der Waals surface area contributed by atoms with Gasteiger partial charge in [-0.15, -0.1) is 0 Å². The summed E-state index contributed by atoms with van der Waals surface area (Å²) in [5.41, 5.74) is 6.33. The maximum atomic E-state index is 5.08. The van der Waals surface area contributed by atoms with Crippen LogP contribution in [-0.2, 0) is 16.0 Å². The summed E-state index contributed by atoms with van der Waals surface area (Å²) in [7, 11) is 0. The number of aryl methyl sites for hydroxylation is 1. The SMILES string of the molecule is CCC1OCCO1.CCN1C=C/C(=C\C=C\c2cc[n+](CC)c3ccccc23)c2ccccc21.[I-]. The van der Waals surface area contributed by atoms with Gasteiger partial charge in [-0.05, 0) is 49.6 Å². The summed E-state index contributed by atoms with van der Waals surface area (Å²) < 4.78 is 12.4. The van der Waals surface area contributed by atoms with Gasteiger partial charge in [0.25, 0.3) is 0 Å². The van der Waals surface area contributed by atoms with Gasteiger partial charge < -0.3 is 38.4 Å². The first kappa shape index (κ1) is 27.1. The summed E-state index contributed by atoms with van der Waals surface area (Å²) in [6, 6.07) is 19.4. The van der Waals surface area contributed by atoms with Crippen molar-refractivity contribution in [3.63, 3.8) is 0 Å². The number of aromatic nitrogens is 1. The van der Waals surface area contributed by atoms with E-state index in [0.29, 0.717) is 0 Å². The second-order valence-corrected chi connectivity index (χ2v) is 8.25. The summed E-state index contributed by atoms with van der Waals surface area (Å²) >= 11 is 0. The van der Waals surface area contributed by atoms with E-state index < -0.39 is 0 Å². The number of nitrogens with zero attached hydrogens (tertiary/aromatic N) is 2. The number of allylic oxidation sites excluding steroid dienone is 4. The lowest BCUT2D eigenvalue weighted by Gasteiger charge is -2.26. The molecule has 0 bridgehead atoms. The average Bonchev–Trinajstić information content (AvgIpc) is 3.43. The van der Waals surface area contributed by atoms with Crippen molar-refractivity contribution in [1.29, 1.82) is 0 Å². The molecule has 4 nitrogen and oxygen atoms in total. The third kappa shape index (κ3) is 6.60. The molecule has 3 heterocycles. The fourth-order valence-corrected chi connectivity index (χ4v) is 4.36. The number of anilines is 1. The molecule has 0 radical (unpaired) electrons. The maximum absolute atomic E-state index is 5.08. The lowest BCUT2D eigenvalue weighted by molar-refractivity contribution is -0.667. The zero-order valence-electron chi connectivity index (χ0n) is 20.9. The number of halogens is 1. The molecule has 5 heteroatoms. The van der Waals surface area contributed by atoms with Gasteiger partial charge in [-0.25, -0.2) is 0 Å². The molecule has 0 unspecified atom stereocenters. The van der Waals surface area contributed by atoms with Gasteiger partial charge in [0.2, 0.25) is 5.52 Å². The fourth-order valence-electron chi connectivity index (χ4n) is 4.36. The summed E-state index contributed by atoms with van der Waals surface area (Å²) in [5, 5.41) is 1.29. The topological polar surface area (TPSA) is 25.6 Å². The van der Waals surface area contributed by atoms with E-state index >= 15 is 0 Å². The molecule has 1 aromatic heterocycles. The Labute approximate surface area is 226 Å². The Hall–Kier alpha value is -2.48. The summed E-state index contributed by atoms with van der Waals surface area (Å²) in [6.07, 6.45) is 14.2. The predicted molar refractivity (Wildman–Crippen MR) is 141 cm³/mol. The minimum Gasteiger partial charge on any atom is -1.00 e. The number of rotatable bonds is 5. The molecule has 0 saturated carbocycles. The highest BCUT2D eigenvalue weighted by Gasteiger charge is 2.14. The van der Waals surface area contributed by atoms with Crippen LogP contribution in [0.4, 0.5) is 5.69 Å². The molecule has 5 rings (SSSR count). The monoisotopic (exact) mass is 582 g/mol. The van der Waals surface area contributed by atoms with Gasteiger partial charge >= 0.3 is 0 Å². The van der Waals surface area contributed by atoms with E-state index in [2.05, 4.69) is 122 Å². The molecule has 3 aromatic rings. The van der Waals surface area contributed by atoms with E-state index in [-0.39, 0.29) is 30.3 Å². The number of hydrogen-bond acceptors (Lipinski definition) is 3. The predicted octanol–water partition coefficient (Wildman–Crippen LogP) is 3.37. The lowest BCUT2D eigenvalue weighted by atomic mass is 9.99. The van der Waals surface area contributed by atoms with Crippen LogP contribution < -0.4 is 33.4 Å². The molecule has 0 spiro atoms. The van der Waals surface area contributed by atoms with Gasteiger partial charge in [0, 0.05) is 36.1 Å². The van der Waals surface area contributed by atoms with Gasteiger partial charge in [0.1, 0.15) is 6.54 Å². The number of benzene rings is 2. The van der Waals surface area contributed by atoms with Crippen molar-refractivity contribution in [3.8, 4) is 0 Å². The lowest BCUT2D eigenvalue weighted by Crippen LogP contribution is -3.00. The molecular weight excluding hydrogens is 547 g/mol. The third-order valence-corrected chi connectivity index (χ3v) is 6.17. The minimum absolute atomic E-state index is 0. The van der Waals surface area contributed by atoms with Crippen molar-refractivity contribution in [3.05, 3.63) is 96.3 Å². The van der Waals surface area contributed by atoms with Crippen LogP contribution in [-0.4, -0.2) is 26.0 Å². The molecule has 0 atom stereocenters. The van der Waals surface area contributed by atoms with E-state index in [1.165, 1.54) is 33.3 Å². The first-order chi connectivity index (χ1) is 16.7. The number of fused-ring (bicyclic) bond motifs is 2. The normalized spacial score (nSPS) is 16.3. The molecule has 0 N–H and O–H groups in total. The standard InChI is InChI=1S/C25H25N2.C5H10O2.HI/c1-3-26-18-16-20(22-12-5-7-14-24(22)26)10-9-11-21-17-19-27(4-2)25-15-8-6-13-23(21)25;1-2-5-6-3-4-7-5;/h5-19H,3-4H2,1-2H3;5H,2-4H2,1H3;1H/q+1;;/p-1. The van der Waals surface area contributed by atoms with Gasteiger partial charge in [-0.3, -0.25) is 0 Å². The number of pyridine rings is 1. The van der Waals surface area contributed by atoms with Crippen LogP contribution in [0.25, 0.3) is 22.6 Å². The van der Waals surface area contributed by atoms with Crippen molar-refractivity contribution in [1.82, 2.24) is 0 Å². The Balaban J connectivity index is 0.000000370. The molecule has 1 fully saturated rings. The molecule has 0 amide bonds. The van der Waals surface area contributed by atoms with E-state index in [0.717, 1.165) is 32.7 Å². The van der Waals surface area contributed by atoms with Gasteiger partial charge in [0.05, 0.1) is 18.6 Å². The average molecular weight is 583 g/mol. The first-order valence-electron chi connectivity index (χ1n) is 12.3.